The molecule has 142 valence electrons. The molecule has 1 N–H and O–H groups in total. The van der Waals surface area contributed by atoms with E-state index in [0.29, 0.717) is 6.54 Å². The van der Waals surface area contributed by atoms with E-state index in [2.05, 4.69) is 6.07 Å². The van der Waals surface area contributed by atoms with Gasteiger partial charge in [-0.2, -0.15) is 0 Å². The smallest absolute Gasteiger partial charge is 0.410 e. The summed E-state index contributed by atoms with van der Waals surface area (Å²) in [6.45, 7) is 9.77. The van der Waals surface area contributed by atoms with Crippen LogP contribution < -0.4 is 4.74 Å². The van der Waals surface area contributed by atoms with Crippen molar-refractivity contribution in [3.05, 3.63) is 29.3 Å². The zero-order chi connectivity index (χ0) is 19.0. The van der Waals surface area contributed by atoms with Gasteiger partial charge in [-0.05, 0) is 57.2 Å². The number of carbonyl (C=O) groups is 1. The van der Waals surface area contributed by atoms with Crippen LogP contribution in [0.15, 0.2) is 18.2 Å². The Kier molecular flexibility index (Phi) is 8.23. The van der Waals surface area contributed by atoms with Crippen molar-refractivity contribution in [1.29, 1.82) is 0 Å². The molecule has 5 heteroatoms. The summed E-state index contributed by atoms with van der Waals surface area (Å²) in [5.41, 5.74) is 1.88. The van der Waals surface area contributed by atoms with Gasteiger partial charge < -0.3 is 19.5 Å². The lowest BCUT2D eigenvalue weighted by Gasteiger charge is -2.36. The minimum Gasteiger partial charge on any atom is -0.496 e. The Labute approximate surface area is 151 Å². The number of benzene rings is 1. The van der Waals surface area contributed by atoms with Crippen molar-refractivity contribution in [3.63, 3.8) is 0 Å². The number of ether oxygens (including phenoxy) is 2. The van der Waals surface area contributed by atoms with E-state index in [1.807, 2.05) is 46.8 Å². The normalized spacial score (nSPS) is 16.2. The van der Waals surface area contributed by atoms with Crippen LogP contribution in [0.25, 0.3) is 0 Å². The fourth-order valence-corrected chi connectivity index (χ4v) is 3.06. The molecule has 1 aliphatic rings. The third-order valence-electron chi connectivity index (χ3n) is 4.04. The molecule has 0 saturated carbocycles. The maximum absolute atomic E-state index is 12.5. The van der Waals surface area contributed by atoms with Gasteiger partial charge in [0.05, 0.1) is 13.7 Å². The third-order valence-corrected chi connectivity index (χ3v) is 4.04. The Morgan fingerprint density at radius 1 is 1.32 bits per heavy atom. The number of amides is 1. The van der Waals surface area contributed by atoms with Crippen LogP contribution in [0, 0.1) is 0 Å². The fourth-order valence-electron chi connectivity index (χ4n) is 3.06. The number of carbonyl (C=O) groups excluding carboxylic acids is 1. The van der Waals surface area contributed by atoms with E-state index in [1.165, 1.54) is 11.1 Å². The van der Waals surface area contributed by atoms with Crippen molar-refractivity contribution in [2.24, 2.45) is 0 Å². The van der Waals surface area contributed by atoms with Gasteiger partial charge in [-0.15, -0.1) is 0 Å². The molecule has 0 radical (unpaired) electrons. The summed E-state index contributed by atoms with van der Waals surface area (Å²) >= 11 is 0. The predicted octanol–water partition coefficient (Wildman–Crippen LogP) is 3.81. The second kappa shape index (κ2) is 9.66. The summed E-state index contributed by atoms with van der Waals surface area (Å²) in [6, 6.07) is 6.06. The van der Waals surface area contributed by atoms with E-state index < -0.39 is 5.60 Å². The van der Waals surface area contributed by atoms with Crippen molar-refractivity contribution in [3.8, 4) is 5.75 Å². The van der Waals surface area contributed by atoms with E-state index >= 15 is 0 Å². The molecular formula is C20H33NO4. The molecular weight excluding hydrogens is 318 g/mol. The van der Waals surface area contributed by atoms with Crippen LogP contribution in [0.5, 0.6) is 5.75 Å². The first-order valence-corrected chi connectivity index (χ1v) is 9.11. The highest BCUT2D eigenvalue weighted by Gasteiger charge is 2.31. The summed E-state index contributed by atoms with van der Waals surface area (Å²) in [4.78, 5) is 14.1. The molecule has 1 aliphatic carbocycles. The second-order valence-electron chi connectivity index (χ2n) is 6.89. The van der Waals surface area contributed by atoms with Gasteiger partial charge in [-0.1, -0.05) is 26.0 Å². The van der Waals surface area contributed by atoms with Crippen LogP contribution in [0.1, 0.15) is 52.2 Å². The summed E-state index contributed by atoms with van der Waals surface area (Å²) in [7, 11) is 1.68. The number of rotatable bonds is 4. The Balaban J connectivity index is 0.00000151. The first-order chi connectivity index (χ1) is 11.9. The van der Waals surface area contributed by atoms with E-state index in [1.54, 1.807) is 12.0 Å². The van der Waals surface area contributed by atoms with Crippen molar-refractivity contribution in [2.75, 3.05) is 20.3 Å². The van der Waals surface area contributed by atoms with Gasteiger partial charge in [0, 0.05) is 12.6 Å². The Morgan fingerprint density at radius 3 is 2.56 bits per heavy atom. The molecule has 0 aliphatic heterocycles. The minimum absolute atomic E-state index is 0.0385. The van der Waals surface area contributed by atoms with Crippen molar-refractivity contribution in [1.82, 2.24) is 4.90 Å². The average molecular weight is 351 g/mol. The van der Waals surface area contributed by atoms with Crippen molar-refractivity contribution in [2.45, 2.75) is 65.5 Å². The van der Waals surface area contributed by atoms with Crippen LogP contribution >= 0.6 is 0 Å². The molecule has 5 nitrogen and oxygen atoms in total. The highest BCUT2D eigenvalue weighted by Crippen LogP contribution is 2.31. The number of methoxy groups -OCH3 is 1. The number of hydrogen-bond acceptors (Lipinski definition) is 4. The molecule has 25 heavy (non-hydrogen) atoms. The Hall–Kier alpha value is -1.75. The molecule has 1 amide bonds. The lowest BCUT2D eigenvalue weighted by Crippen LogP contribution is -2.47. The number of nitrogens with zero attached hydrogens (tertiary/aromatic N) is 1. The predicted molar refractivity (Wildman–Crippen MR) is 100 cm³/mol. The molecule has 0 bridgehead atoms. The SMILES string of the molecule is CC.COc1cccc2c1CCC(N(CCO)C(=O)OC(C)(C)C)C2. The Morgan fingerprint density at radius 2 is 2.00 bits per heavy atom. The Bertz CT molecular complexity index is 551. The molecule has 1 aromatic rings. The van der Waals surface area contributed by atoms with E-state index in [4.69, 9.17) is 9.47 Å². The topological polar surface area (TPSA) is 59.0 Å². The fraction of sp³-hybridized carbons (Fsp3) is 0.650. The zero-order valence-corrected chi connectivity index (χ0v) is 16.5. The number of fused-ring (bicyclic) bond motifs is 1. The minimum atomic E-state index is -0.541. The van der Waals surface area contributed by atoms with Crippen molar-refractivity contribution < 1.29 is 19.4 Å². The number of aliphatic hydroxyl groups is 1. The monoisotopic (exact) mass is 351 g/mol. The molecule has 1 aromatic carbocycles. The van der Waals surface area contributed by atoms with Gasteiger partial charge in [0.1, 0.15) is 11.4 Å². The molecule has 1 atom stereocenters. The van der Waals surface area contributed by atoms with Crippen LogP contribution in [0.4, 0.5) is 4.79 Å². The van der Waals surface area contributed by atoms with Crippen LogP contribution in [-0.4, -0.2) is 48.0 Å². The first-order valence-electron chi connectivity index (χ1n) is 9.11. The largest absolute Gasteiger partial charge is 0.496 e. The molecule has 2 rings (SSSR count). The van der Waals surface area contributed by atoms with Gasteiger partial charge in [-0.3, -0.25) is 0 Å². The first kappa shape index (κ1) is 21.3. The van der Waals surface area contributed by atoms with Crippen molar-refractivity contribution >= 4 is 6.09 Å². The third kappa shape index (κ3) is 5.92. The van der Waals surface area contributed by atoms with Gasteiger partial charge in [0.25, 0.3) is 0 Å². The van der Waals surface area contributed by atoms with Crippen LogP contribution in [0.3, 0.4) is 0 Å². The van der Waals surface area contributed by atoms with Crippen LogP contribution in [0.2, 0.25) is 0 Å². The van der Waals surface area contributed by atoms with E-state index in [0.717, 1.165) is 25.0 Å². The zero-order valence-electron chi connectivity index (χ0n) is 16.5. The van der Waals surface area contributed by atoms with Gasteiger partial charge >= 0.3 is 6.09 Å². The van der Waals surface area contributed by atoms with Gasteiger partial charge in [0.15, 0.2) is 0 Å². The molecule has 0 fully saturated rings. The quantitative estimate of drug-likeness (QED) is 0.896. The summed E-state index contributed by atoms with van der Waals surface area (Å²) < 4.78 is 10.9. The lowest BCUT2D eigenvalue weighted by molar-refractivity contribution is 0.0108. The standard InChI is InChI=1S/C18H27NO4.C2H6/c1-18(2,3)23-17(21)19(10-11-20)14-8-9-15-13(12-14)6-5-7-16(15)22-4;1-2/h5-7,14,20H,8-12H2,1-4H3;1-2H3. The lowest BCUT2D eigenvalue weighted by atomic mass is 9.87. The molecule has 1 unspecified atom stereocenters. The summed E-state index contributed by atoms with van der Waals surface area (Å²) in [5, 5.41) is 9.32. The molecule has 0 spiro atoms. The summed E-state index contributed by atoms with van der Waals surface area (Å²) in [6.07, 6.45) is 2.09. The van der Waals surface area contributed by atoms with E-state index in [-0.39, 0.29) is 18.7 Å². The van der Waals surface area contributed by atoms with Gasteiger partial charge in [0.2, 0.25) is 0 Å². The average Bonchev–Trinajstić information content (AvgIpc) is 2.58. The molecule has 0 heterocycles. The number of hydrogen-bond donors (Lipinski definition) is 1. The maximum Gasteiger partial charge on any atom is 0.410 e. The molecule has 0 saturated heterocycles. The van der Waals surface area contributed by atoms with E-state index in [9.17, 15) is 9.90 Å². The highest BCUT2D eigenvalue weighted by molar-refractivity contribution is 5.68. The van der Waals surface area contributed by atoms with Gasteiger partial charge in [-0.25, -0.2) is 4.79 Å². The second-order valence-corrected chi connectivity index (χ2v) is 6.89. The van der Waals surface area contributed by atoms with Crippen LogP contribution in [-0.2, 0) is 17.6 Å². The highest BCUT2D eigenvalue weighted by atomic mass is 16.6. The number of aliphatic hydroxyl groups excluding tert-OH is 1. The maximum atomic E-state index is 12.5. The summed E-state index contributed by atoms with van der Waals surface area (Å²) in [5.74, 6) is 0.909. The molecule has 0 aromatic heterocycles.